The lowest BCUT2D eigenvalue weighted by molar-refractivity contribution is -0.384. The van der Waals surface area contributed by atoms with Gasteiger partial charge in [0.05, 0.1) is 16.4 Å². The lowest BCUT2D eigenvalue weighted by atomic mass is 9.69. The Morgan fingerprint density at radius 3 is 2.24 bits per heavy atom. The molecule has 0 amide bonds. The summed E-state index contributed by atoms with van der Waals surface area (Å²) in [6.45, 7) is 0. The average Bonchev–Trinajstić information content (AvgIpc) is 2.67. The normalized spacial score (nSPS) is 17.2. The molecule has 3 rings (SSSR count). The van der Waals surface area contributed by atoms with Gasteiger partial charge in [-0.15, -0.1) is 0 Å². The van der Waals surface area contributed by atoms with E-state index < -0.39 is 16.4 Å². The Bertz CT molecular complexity index is 781. The van der Waals surface area contributed by atoms with Crippen LogP contribution in [0.5, 0.6) is 0 Å². The first-order valence-electron chi connectivity index (χ1n) is 8.61. The Hall–Kier alpha value is -2.64. The Balaban J connectivity index is 1.92. The van der Waals surface area contributed by atoms with Gasteiger partial charge in [0.15, 0.2) is 0 Å². The highest BCUT2D eigenvalue weighted by Crippen LogP contribution is 2.45. The number of non-ortho nitro benzene ring substituents is 1. The fourth-order valence-electron chi connectivity index (χ4n) is 3.46. The zero-order valence-electron chi connectivity index (χ0n) is 14.0. The molecule has 2 aromatic carbocycles. The van der Waals surface area contributed by atoms with Crippen LogP contribution in [0, 0.1) is 27.4 Å². The maximum absolute atomic E-state index is 11.0. The van der Waals surface area contributed by atoms with Gasteiger partial charge in [-0.05, 0) is 42.7 Å². The summed E-state index contributed by atoms with van der Waals surface area (Å²) in [5.41, 5.74) is 1.16. The minimum Gasteiger partial charge on any atom is -0.387 e. The number of benzene rings is 2. The second kappa shape index (κ2) is 7.50. The first-order valence-corrected chi connectivity index (χ1v) is 8.61. The van der Waals surface area contributed by atoms with Crippen molar-refractivity contribution in [3.63, 3.8) is 0 Å². The summed E-state index contributed by atoms with van der Waals surface area (Å²) in [5, 5.41) is 21.9. The van der Waals surface area contributed by atoms with Crippen molar-refractivity contribution < 1.29 is 10.0 Å². The molecule has 0 aromatic heterocycles. The first-order chi connectivity index (χ1) is 12.1. The zero-order valence-corrected chi connectivity index (χ0v) is 14.0. The van der Waals surface area contributed by atoms with E-state index in [0.29, 0.717) is 5.56 Å². The smallest absolute Gasteiger partial charge is 0.269 e. The second-order valence-electron chi connectivity index (χ2n) is 6.58. The van der Waals surface area contributed by atoms with Gasteiger partial charge in [-0.3, -0.25) is 10.1 Å². The van der Waals surface area contributed by atoms with Crippen LogP contribution < -0.4 is 0 Å². The molecule has 1 saturated carbocycles. The molecule has 1 aliphatic carbocycles. The van der Waals surface area contributed by atoms with Gasteiger partial charge in [0.25, 0.3) is 5.69 Å². The largest absolute Gasteiger partial charge is 0.387 e. The highest BCUT2D eigenvalue weighted by atomic mass is 16.6. The summed E-state index contributed by atoms with van der Waals surface area (Å²) < 4.78 is 0. The van der Waals surface area contributed by atoms with Crippen molar-refractivity contribution in [3.8, 4) is 11.8 Å². The lowest BCUT2D eigenvalue weighted by Crippen LogP contribution is -2.30. The van der Waals surface area contributed by atoms with Crippen molar-refractivity contribution in [2.24, 2.45) is 5.41 Å². The minimum absolute atomic E-state index is 0.0315. The summed E-state index contributed by atoms with van der Waals surface area (Å²) >= 11 is 0. The molecule has 0 saturated heterocycles. The second-order valence-corrected chi connectivity index (χ2v) is 6.58. The van der Waals surface area contributed by atoms with Gasteiger partial charge in [0.1, 0.15) is 0 Å². The molecule has 128 valence electrons. The standard InChI is InChI=1S/C21H21NO3/c23-20(18-9-11-19(12-10-18)22(24)25)21(14-5-2-6-15-21)16-13-17-7-3-1-4-8-17/h1,3-4,7-12,20,23H,2,5-6,14-15H2. The molecule has 0 spiro atoms. The Morgan fingerprint density at radius 2 is 1.64 bits per heavy atom. The number of hydrogen-bond acceptors (Lipinski definition) is 3. The molecule has 4 heteroatoms. The Labute approximate surface area is 147 Å². The van der Waals surface area contributed by atoms with Crippen molar-refractivity contribution in [1.29, 1.82) is 0 Å². The Kier molecular flexibility index (Phi) is 5.16. The summed E-state index contributed by atoms with van der Waals surface area (Å²) in [6, 6.07) is 15.9. The van der Waals surface area contributed by atoms with E-state index in [1.807, 2.05) is 30.3 Å². The SMILES string of the molecule is O=[N+]([O-])c1ccc(C(O)C2(C#Cc3ccccc3)CCCCC2)cc1. The van der Waals surface area contributed by atoms with Crippen molar-refractivity contribution in [2.75, 3.05) is 0 Å². The van der Waals surface area contributed by atoms with Gasteiger partial charge in [-0.2, -0.15) is 0 Å². The van der Waals surface area contributed by atoms with Crippen LogP contribution in [0.25, 0.3) is 0 Å². The third-order valence-corrected chi connectivity index (χ3v) is 4.92. The van der Waals surface area contributed by atoms with Crippen LogP contribution in [0.4, 0.5) is 5.69 Å². The number of hydrogen-bond donors (Lipinski definition) is 1. The molecule has 1 N–H and O–H groups in total. The van der Waals surface area contributed by atoms with E-state index in [-0.39, 0.29) is 5.69 Å². The molecule has 25 heavy (non-hydrogen) atoms. The molecule has 1 aliphatic rings. The quantitative estimate of drug-likeness (QED) is 0.505. The van der Waals surface area contributed by atoms with Gasteiger partial charge in [-0.1, -0.05) is 49.3 Å². The molecule has 0 aliphatic heterocycles. The van der Waals surface area contributed by atoms with E-state index in [0.717, 1.165) is 37.7 Å². The first kappa shape index (κ1) is 17.2. The van der Waals surface area contributed by atoms with Crippen LogP contribution in [0.1, 0.15) is 49.3 Å². The van der Waals surface area contributed by atoms with E-state index in [4.69, 9.17) is 0 Å². The minimum atomic E-state index is -0.746. The predicted molar refractivity (Wildman–Crippen MR) is 96.9 cm³/mol. The van der Waals surface area contributed by atoms with Crippen molar-refractivity contribution >= 4 is 5.69 Å². The predicted octanol–water partition coefficient (Wildman–Crippen LogP) is 4.63. The van der Waals surface area contributed by atoms with E-state index in [1.165, 1.54) is 12.1 Å². The number of rotatable bonds is 3. The number of nitro benzene ring substituents is 1. The van der Waals surface area contributed by atoms with Crippen molar-refractivity contribution in [3.05, 3.63) is 75.8 Å². The number of nitro groups is 1. The van der Waals surface area contributed by atoms with E-state index in [2.05, 4.69) is 11.8 Å². The fraction of sp³-hybridized carbons (Fsp3) is 0.333. The highest BCUT2D eigenvalue weighted by molar-refractivity contribution is 5.39. The van der Waals surface area contributed by atoms with Crippen LogP contribution in [0.2, 0.25) is 0 Å². The van der Waals surface area contributed by atoms with Gasteiger partial charge in [0.2, 0.25) is 0 Å². The molecule has 0 heterocycles. The molecule has 0 bridgehead atoms. The zero-order chi connectivity index (χ0) is 17.7. The molecule has 1 unspecified atom stereocenters. The number of aliphatic hydroxyl groups is 1. The van der Waals surface area contributed by atoms with Gasteiger partial charge < -0.3 is 5.11 Å². The molecule has 1 atom stereocenters. The molecule has 2 aromatic rings. The van der Waals surface area contributed by atoms with E-state index >= 15 is 0 Å². The summed E-state index contributed by atoms with van der Waals surface area (Å²) in [5.74, 6) is 6.57. The van der Waals surface area contributed by atoms with Crippen LogP contribution >= 0.6 is 0 Å². The molecule has 4 nitrogen and oxygen atoms in total. The van der Waals surface area contributed by atoms with Crippen molar-refractivity contribution in [2.45, 2.75) is 38.2 Å². The van der Waals surface area contributed by atoms with Crippen LogP contribution in [0.3, 0.4) is 0 Å². The average molecular weight is 335 g/mol. The highest BCUT2D eigenvalue weighted by Gasteiger charge is 2.38. The molecule has 1 fully saturated rings. The molecule has 0 radical (unpaired) electrons. The number of nitrogens with zero attached hydrogens (tertiary/aromatic N) is 1. The summed E-state index contributed by atoms with van der Waals surface area (Å²) in [7, 11) is 0. The Morgan fingerprint density at radius 1 is 1.00 bits per heavy atom. The van der Waals surface area contributed by atoms with Crippen LogP contribution in [0.15, 0.2) is 54.6 Å². The van der Waals surface area contributed by atoms with Crippen LogP contribution in [-0.4, -0.2) is 10.0 Å². The van der Waals surface area contributed by atoms with E-state index in [9.17, 15) is 15.2 Å². The van der Waals surface area contributed by atoms with E-state index in [1.54, 1.807) is 12.1 Å². The number of aliphatic hydroxyl groups excluding tert-OH is 1. The summed E-state index contributed by atoms with van der Waals surface area (Å²) in [4.78, 5) is 10.4. The maximum Gasteiger partial charge on any atom is 0.269 e. The third-order valence-electron chi connectivity index (χ3n) is 4.92. The monoisotopic (exact) mass is 335 g/mol. The molecular formula is C21H21NO3. The fourth-order valence-corrected chi connectivity index (χ4v) is 3.46. The summed E-state index contributed by atoms with van der Waals surface area (Å²) in [6.07, 6.45) is 4.16. The topological polar surface area (TPSA) is 63.4 Å². The maximum atomic E-state index is 11.0. The van der Waals surface area contributed by atoms with Crippen LogP contribution in [-0.2, 0) is 0 Å². The lowest BCUT2D eigenvalue weighted by Gasteiger charge is -2.37. The molecular weight excluding hydrogens is 314 g/mol. The van der Waals surface area contributed by atoms with Crippen molar-refractivity contribution in [1.82, 2.24) is 0 Å². The third kappa shape index (κ3) is 3.89. The van der Waals surface area contributed by atoms with Gasteiger partial charge in [-0.25, -0.2) is 0 Å². The van der Waals surface area contributed by atoms with Gasteiger partial charge in [0, 0.05) is 17.7 Å². The van der Waals surface area contributed by atoms with Gasteiger partial charge >= 0.3 is 0 Å².